The maximum absolute atomic E-state index is 14.4. The van der Waals surface area contributed by atoms with E-state index in [0.29, 0.717) is 28.9 Å². The molecular formula is C26H28F5N7O3. The number of nitrogens with zero attached hydrogens (tertiary/aromatic N) is 5. The first-order chi connectivity index (χ1) is 19.6. The number of aromatic nitrogens is 3. The second-order valence-corrected chi connectivity index (χ2v) is 10.1. The Kier molecular flexibility index (Phi) is 8.24. The van der Waals surface area contributed by atoms with Crippen LogP contribution >= 0.6 is 0 Å². The zero-order valence-electron chi connectivity index (χ0n) is 21.8. The van der Waals surface area contributed by atoms with Gasteiger partial charge in [0.05, 0.1) is 5.52 Å². The highest BCUT2D eigenvalue weighted by Gasteiger charge is 2.39. The number of amides is 3. The molecule has 0 spiro atoms. The average Bonchev–Trinajstić information content (AvgIpc) is 3.22. The lowest BCUT2D eigenvalue weighted by atomic mass is 10.0. The van der Waals surface area contributed by atoms with E-state index < -0.39 is 48.9 Å². The Morgan fingerprint density at radius 3 is 2.54 bits per heavy atom. The van der Waals surface area contributed by atoms with E-state index in [1.165, 1.54) is 21.9 Å². The summed E-state index contributed by atoms with van der Waals surface area (Å²) in [5.74, 6) is -3.21. The van der Waals surface area contributed by atoms with Gasteiger partial charge in [0.25, 0.3) is 6.43 Å². The Labute approximate surface area is 230 Å². The van der Waals surface area contributed by atoms with Crippen molar-refractivity contribution in [2.24, 2.45) is 0 Å². The van der Waals surface area contributed by atoms with Gasteiger partial charge in [0.15, 0.2) is 17.3 Å². The van der Waals surface area contributed by atoms with E-state index in [1.807, 2.05) is 0 Å². The highest BCUT2D eigenvalue weighted by molar-refractivity contribution is 5.87. The van der Waals surface area contributed by atoms with Crippen molar-refractivity contribution in [3.05, 3.63) is 64.2 Å². The summed E-state index contributed by atoms with van der Waals surface area (Å²) < 4.78 is 70.4. The topological polar surface area (TPSA) is 107 Å². The summed E-state index contributed by atoms with van der Waals surface area (Å²) in [7, 11) is 0. The number of alkyl halides is 3. The van der Waals surface area contributed by atoms with Crippen LogP contribution in [0, 0.1) is 11.6 Å². The number of carbonyl (C=O) groups excluding carboxylic acids is 2. The Morgan fingerprint density at radius 1 is 1.05 bits per heavy atom. The summed E-state index contributed by atoms with van der Waals surface area (Å²) in [6.07, 6.45) is -3.96. The maximum atomic E-state index is 14.4. The van der Waals surface area contributed by atoms with Crippen LogP contribution in [-0.4, -0.2) is 92.7 Å². The van der Waals surface area contributed by atoms with Gasteiger partial charge in [-0.2, -0.15) is 0 Å². The lowest BCUT2D eigenvalue weighted by Gasteiger charge is -2.34. The predicted molar refractivity (Wildman–Crippen MR) is 137 cm³/mol. The fourth-order valence-corrected chi connectivity index (χ4v) is 5.42. The highest BCUT2D eigenvalue weighted by Crippen LogP contribution is 2.25. The molecule has 2 fully saturated rings. The normalized spacial score (nSPS) is 20.0. The number of hydrogen-bond donors (Lipinski definition) is 2. The monoisotopic (exact) mass is 581 g/mol. The van der Waals surface area contributed by atoms with Crippen LogP contribution in [0.3, 0.4) is 0 Å². The molecule has 41 heavy (non-hydrogen) atoms. The van der Waals surface area contributed by atoms with Crippen LogP contribution in [0.25, 0.3) is 11.2 Å². The fourth-order valence-electron chi connectivity index (χ4n) is 5.42. The Hall–Kier alpha value is -4.01. The van der Waals surface area contributed by atoms with Gasteiger partial charge in [-0.05, 0) is 31.0 Å². The number of fused-ring (bicyclic) bond motifs is 1. The quantitative estimate of drug-likeness (QED) is 0.344. The third kappa shape index (κ3) is 5.89. The molecule has 0 aliphatic carbocycles. The Balaban J connectivity index is 1.28. The van der Waals surface area contributed by atoms with E-state index >= 15 is 0 Å². The van der Waals surface area contributed by atoms with Crippen LogP contribution in [0.5, 0.6) is 0 Å². The van der Waals surface area contributed by atoms with Crippen LogP contribution < -0.4 is 11.0 Å². The van der Waals surface area contributed by atoms with Crippen LogP contribution in [0.4, 0.5) is 26.7 Å². The molecular weight excluding hydrogens is 553 g/mol. The molecule has 1 aromatic carbocycles. The molecule has 2 N–H and O–H groups in total. The first-order valence-corrected chi connectivity index (χ1v) is 13.1. The molecule has 2 saturated heterocycles. The zero-order chi connectivity index (χ0) is 29.3. The van der Waals surface area contributed by atoms with Crippen molar-refractivity contribution in [2.45, 2.75) is 44.2 Å². The number of H-pyrrole nitrogens is 1. The molecule has 2 unspecified atom stereocenters. The maximum Gasteiger partial charge on any atom is 0.327 e. The number of hydrogen-bond acceptors (Lipinski definition) is 5. The SMILES string of the molecule is O=C(NC1CN(Cc2cccc(F)c2F)CCN(C(F)C(F)F)C1=O)N1CCC(n2c(=O)[nH]c3ncccc32)CC1. The summed E-state index contributed by atoms with van der Waals surface area (Å²) in [5, 5.41) is 2.52. The third-order valence-corrected chi connectivity index (χ3v) is 7.51. The number of nitrogens with one attached hydrogen (secondary N) is 2. The second kappa shape index (κ2) is 11.8. The van der Waals surface area contributed by atoms with Crippen LogP contribution in [0.2, 0.25) is 0 Å². The highest BCUT2D eigenvalue weighted by atomic mass is 19.3. The minimum absolute atomic E-state index is 0.0357. The molecule has 15 heteroatoms. The lowest BCUT2D eigenvalue weighted by molar-refractivity contribution is -0.145. The molecule has 10 nitrogen and oxygen atoms in total. The van der Waals surface area contributed by atoms with Gasteiger partial charge in [-0.3, -0.25) is 19.2 Å². The van der Waals surface area contributed by atoms with Crippen molar-refractivity contribution in [1.29, 1.82) is 0 Å². The molecule has 2 atom stereocenters. The summed E-state index contributed by atoms with van der Waals surface area (Å²) in [4.78, 5) is 48.9. The summed E-state index contributed by atoms with van der Waals surface area (Å²) in [6.45, 7) is -0.527. The van der Waals surface area contributed by atoms with Gasteiger partial charge < -0.3 is 15.1 Å². The molecule has 2 aliphatic rings. The van der Waals surface area contributed by atoms with E-state index in [-0.39, 0.29) is 50.0 Å². The predicted octanol–water partition coefficient (Wildman–Crippen LogP) is 2.62. The number of imidazole rings is 1. The number of piperidine rings is 1. The zero-order valence-corrected chi connectivity index (χ0v) is 21.8. The molecule has 2 aliphatic heterocycles. The van der Waals surface area contributed by atoms with Gasteiger partial charge >= 0.3 is 11.7 Å². The number of carbonyl (C=O) groups is 2. The van der Waals surface area contributed by atoms with Crippen molar-refractivity contribution in [3.8, 4) is 0 Å². The van der Waals surface area contributed by atoms with Gasteiger partial charge in [0.2, 0.25) is 12.2 Å². The molecule has 5 rings (SSSR count). The number of halogens is 5. The van der Waals surface area contributed by atoms with E-state index in [9.17, 15) is 36.3 Å². The number of likely N-dealkylation sites (tertiary alicyclic amines) is 1. The molecule has 4 heterocycles. The van der Waals surface area contributed by atoms with Gasteiger partial charge in [0.1, 0.15) is 6.04 Å². The molecule has 2 aromatic heterocycles. The van der Waals surface area contributed by atoms with Crippen LogP contribution in [-0.2, 0) is 11.3 Å². The van der Waals surface area contributed by atoms with E-state index in [2.05, 4.69) is 15.3 Å². The molecule has 0 saturated carbocycles. The first kappa shape index (κ1) is 28.5. The van der Waals surface area contributed by atoms with E-state index in [1.54, 1.807) is 22.9 Å². The number of rotatable bonds is 6. The van der Waals surface area contributed by atoms with Crippen molar-refractivity contribution < 1.29 is 31.5 Å². The van der Waals surface area contributed by atoms with Crippen molar-refractivity contribution in [1.82, 2.24) is 34.6 Å². The van der Waals surface area contributed by atoms with Gasteiger partial charge in [-0.1, -0.05) is 12.1 Å². The smallest absolute Gasteiger partial charge is 0.325 e. The lowest BCUT2D eigenvalue weighted by Crippen LogP contribution is -2.56. The number of pyridine rings is 1. The minimum Gasteiger partial charge on any atom is -0.325 e. The molecule has 3 aromatic rings. The summed E-state index contributed by atoms with van der Waals surface area (Å²) >= 11 is 0. The van der Waals surface area contributed by atoms with Crippen LogP contribution in [0.1, 0.15) is 24.4 Å². The molecule has 220 valence electrons. The first-order valence-electron chi connectivity index (χ1n) is 13.1. The number of benzene rings is 1. The molecule has 0 radical (unpaired) electrons. The van der Waals surface area contributed by atoms with Crippen LogP contribution in [0.15, 0.2) is 41.3 Å². The van der Waals surface area contributed by atoms with Gasteiger partial charge in [-0.15, -0.1) is 0 Å². The Morgan fingerprint density at radius 2 is 1.80 bits per heavy atom. The summed E-state index contributed by atoms with van der Waals surface area (Å²) in [5.41, 5.74) is 0.734. The molecule has 0 bridgehead atoms. The third-order valence-electron chi connectivity index (χ3n) is 7.51. The van der Waals surface area contributed by atoms with Crippen molar-refractivity contribution in [3.63, 3.8) is 0 Å². The van der Waals surface area contributed by atoms with Gasteiger partial charge in [0, 0.05) is 57.1 Å². The second-order valence-electron chi connectivity index (χ2n) is 10.1. The van der Waals surface area contributed by atoms with Gasteiger partial charge in [-0.25, -0.2) is 36.5 Å². The van der Waals surface area contributed by atoms with E-state index in [4.69, 9.17) is 0 Å². The van der Waals surface area contributed by atoms with Crippen molar-refractivity contribution in [2.75, 3.05) is 32.7 Å². The summed E-state index contributed by atoms with van der Waals surface area (Å²) in [6, 6.07) is 4.77. The number of aromatic amines is 1. The minimum atomic E-state index is -3.47. The van der Waals surface area contributed by atoms with E-state index in [0.717, 1.165) is 6.07 Å². The standard InChI is InChI=1S/C26H28F5N7O3/c27-17-4-1-3-15(20(17)28)13-35-11-12-37(22(31)21(29)30)24(39)18(14-35)33-25(40)36-9-6-16(7-10-36)38-19-5-2-8-32-23(19)34-26(38)41/h1-5,8,16,18,21-22H,6-7,9-14H2,(H,33,40)(H,32,34,41). The van der Waals surface area contributed by atoms with Crippen molar-refractivity contribution >= 4 is 23.1 Å². The average molecular weight is 582 g/mol. The number of urea groups is 1. The Bertz CT molecular complexity index is 1470. The molecule has 3 amide bonds. The largest absolute Gasteiger partial charge is 0.327 e. The fraction of sp³-hybridized carbons (Fsp3) is 0.462.